The first-order valence-electron chi connectivity index (χ1n) is 1.56. The van der Waals surface area contributed by atoms with E-state index in [4.69, 9.17) is 28.5 Å². The van der Waals surface area contributed by atoms with Crippen molar-refractivity contribution in [2.24, 2.45) is 0 Å². The van der Waals surface area contributed by atoms with Crippen LogP contribution in [0.25, 0.3) is 0 Å². The van der Waals surface area contributed by atoms with Gasteiger partial charge in [-0.15, -0.1) is 0 Å². The molecule has 12 heteroatoms. The van der Waals surface area contributed by atoms with Crippen LogP contribution in [0.1, 0.15) is 6.92 Å². The second-order valence-electron chi connectivity index (χ2n) is 0.915. The minimum Gasteiger partial charge on any atom is -0.481 e. The van der Waals surface area contributed by atoms with Gasteiger partial charge in [-0.3, -0.25) is 4.79 Å². The van der Waals surface area contributed by atoms with Gasteiger partial charge in [-0.05, 0) is 0 Å². The fourth-order valence-electron chi connectivity index (χ4n) is 0. The van der Waals surface area contributed by atoms with Crippen LogP contribution in [-0.4, -0.2) is 37.6 Å². The molecule has 96 valence electrons. The number of carboxylic acid groups (broad SMARTS) is 1. The first-order chi connectivity index (χ1) is 3.73. The minimum absolute atomic E-state index is 0. The number of aliphatic carboxylic acids is 1. The standard InChI is InChI=1S/C2H4O2.ClHO4.4H2O.Os/c1-2(3)4;2-1(3,4)5;;;;;/h1H3,(H,3,4);(H,2,3,4,5);4*1H2;. The van der Waals surface area contributed by atoms with E-state index in [0.29, 0.717) is 0 Å². The predicted molar refractivity (Wildman–Crippen MR) is 30.0 cm³/mol. The normalized spacial score (nSPS) is 6.07. The van der Waals surface area contributed by atoms with Crippen molar-refractivity contribution in [1.82, 2.24) is 0 Å². The van der Waals surface area contributed by atoms with Gasteiger partial charge in [0.1, 0.15) is 0 Å². The Bertz CT molecular complexity index is 80.6. The third-order valence-electron chi connectivity index (χ3n) is 0. The Morgan fingerprint density at radius 3 is 1.07 bits per heavy atom. The summed E-state index contributed by atoms with van der Waals surface area (Å²) < 4.78 is 32.7. The van der Waals surface area contributed by atoms with Crippen molar-refractivity contribution in [2.75, 3.05) is 0 Å². The third kappa shape index (κ3) is 254000. The Hall–Kier alpha value is 0.0764. The number of carbonyl (C=O) groups is 1. The van der Waals surface area contributed by atoms with Gasteiger partial charge in [-0.2, -0.15) is 14.0 Å². The summed E-state index contributed by atoms with van der Waals surface area (Å²) in [5, 5.41) is 7.42. The summed E-state index contributed by atoms with van der Waals surface area (Å²) in [6.07, 6.45) is 0. The molecule has 0 bridgehead atoms. The summed E-state index contributed by atoms with van der Waals surface area (Å²) >= 11 is 0. The molecule has 0 atom stereocenters. The van der Waals surface area contributed by atoms with Gasteiger partial charge in [-0.1, -0.05) is 0 Å². The zero-order valence-electron chi connectivity index (χ0n) is 6.76. The van der Waals surface area contributed by atoms with Gasteiger partial charge in [-0.25, -0.2) is 0 Å². The molecule has 0 fully saturated rings. The van der Waals surface area contributed by atoms with E-state index in [1.54, 1.807) is 0 Å². The number of rotatable bonds is 0. The van der Waals surface area contributed by atoms with Gasteiger partial charge in [0.2, 0.25) is 0 Å². The van der Waals surface area contributed by atoms with Crippen LogP contribution in [0, 0.1) is 10.2 Å². The molecule has 0 aromatic heterocycles. The van der Waals surface area contributed by atoms with Crippen LogP contribution in [0.2, 0.25) is 0 Å². The van der Waals surface area contributed by atoms with Crippen LogP contribution in [0.15, 0.2) is 0 Å². The largest absolute Gasteiger partial charge is 0.481 e. The SMILES string of the molecule is CC(=O)O.O.O.O.O.[O-][Cl+3]([O-])([O-])O.[Os]. The van der Waals surface area contributed by atoms with E-state index >= 15 is 0 Å². The van der Waals surface area contributed by atoms with Crippen molar-refractivity contribution < 1.29 is 80.5 Å². The molecule has 0 amide bonds. The molecule has 10 nitrogen and oxygen atoms in total. The smallest absolute Gasteiger partial charge is 0.300 e. The first-order valence-corrected chi connectivity index (χ1v) is 2.82. The fourth-order valence-corrected chi connectivity index (χ4v) is 0. The molecule has 0 saturated heterocycles. The number of halogens is 1. The van der Waals surface area contributed by atoms with Crippen molar-refractivity contribution in [1.29, 1.82) is 0 Å². The van der Waals surface area contributed by atoms with E-state index in [1.807, 2.05) is 0 Å². The molecule has 0 heterocycles. The molecule has 0 aromatic carbocycles. The topological polar surface area (TPSA) is 253 Å². The Balaban J connectivity index is -0.0000000104. The van der Waals surface area contributed by atoms with Gasteiger partial charge in [0.25, 0.3) is 5.97 Å². The number of hydrogen-bond donors (Lipinski definition) is 2. The van der Waals surface area contributed by atoms with E-state index in [1.165, 1.54) is 0 Å². The fraction of sp³-hybridized carbons (Fsp3) is 0.500. The summed E-state index contributed by atoms with van der Waals surface area (Å²) in [7, 11) is -4.69. The number of carboxylic acids is 1. The molecule has 0 aromatic rings. The molecular weight excluding hydrogens is 410 g/mol. The van der Waals surface area contributed by atoms with E-state index in [-0.39, 0.29) is 41.7 Å². The second kappa shape index (κ2) is 23.1. The maximum absolute atomic E-state index is 9.00. The second-order valence-corrected chi connectivity index (χ2v) is 1.71. The summed E-state index contributed by atoms with van der Waals surface area (Å²) in [5.41, 5.74) is 0. The van der Waals surface area contributed by atoms with Gasteiger partial charge in [0.05, 0.1) is 14.9 Å². The molecule has 0 unspecified atom stereocenters. The maximum Gasteiger partial charge on any atom is 0.300 e. The first kappa shape index (κ1) is 48.1. The molecule has 10 N–H and O–H groups in total. The molecule has 0 spiro atoms. The van der Waals surface area contributed by atoms with Crippen LogP contribution in [0.5, 0.6) is 0 Å². The quantitative estimate of drug-likeness (QED) is 0.382. The molecule has 0 rings (SSSR count). The molecule has 0 aliphatic rings. The van der Waals surface area contributed by atoms with Gasteiger partial charge in [0, 0.05) is 26.7 Å². The molecule has 0 radical (unpaired) electrons. The van der Waals surface area contributed by atoms with Crippen molar-refractivity contribution in [3.8, 4) is 0 Å². The molecule has 0 aliphatic heterocycles. The minimum atomic E-state index is -4.69. The Morgan fingerprint density at radius 2 is 1.07 bits per heavy atom. The maximum atomic E-state index is 9.00. The van der Waals surface area contributed by atoms with Crippen molar-refractivity contribution in [3.63, 3.8) is 0 Å². The van der Waals surface area contributed by atoms with Crippen LogP contribution >= 0.6 is 0 Å². The van der Waals surface area contributed by atoms with E-state index in [9.17, 15) is 0 Å². The third-order valence-corrected chi connectivity index (χ3v) is 0. The van der Waals surface area contributed by atoms with E-state index < -0.39 is 16.2 Å². The Labute approximate surface area is 93.8 Å². The zero-order chi connectivity index (χ0) is 8.08. The monoisotopic (exact) mass is 424 g/mol. The van der Waals surface area contributed by atoms with Crippen LogP contribution in [-0.2, 0) is 24.6 Å². The zero-order valence-corrected chi connectivity index (χ0v) is 10.1. The van der Waals surface area contributed by atoms with Gasteiger partial charge < -0.3 is 27.0 Å². The Morgan fingerprint density at radius 1 is 1.07 bits per heavy atom. The van der Waals surface area contributed by atoms with Crippen molar-refractivity contribution >= 4 is 5.97 Å². The average molecular weight is 423 g/mol. The summed E-state index contributed by atoms with van der Waals surface area (Å²) in [6, 6.07) is 0. The summed E-state index contributed by atoms with van der Waals surface area (Å²) in [6.45, 7) is 1.08. The van der Waals surface area contributed by atoms with E-state index in [2.05, 4.69) is 0 Å². The van der Waals surface area contributed by atoms with Crippen LogP contribution < -0.4 is 14.0 Å². The van der Waals surface area contributed by atoms with Crippen LogP contribution in [0.4, 0.5) is 0 Å². The Kier molecular flexibility index (Phi) is 79.5. The summed E-state index contributed by atoms with van der Waals surface area (Å²) in [5.74, 6) is -0.833. The van der Waals surface area contributed by atoms with Gasteiger partial charge >= 0.3 is 0 Å². The molecule has 0 aliphatic carbocycles. The molecule has 0 saturated carbocycles. The summed E-state index contributed by atoms with van der Waals surface area (Å²) in [4.78, 5) is 9.00. The van der Waals surface area contributed by atoms with Crippen LogP contribution in [0.3, 0.4) is 0 Å². The van der Waals surface area contributed by atoms with E-state index in [0.717, 1.165) is 6.92 Å². The average Bonchev–Trinajstić information content (AvgIpc) is 1.19. The van der Waals surface area contributed by atoms with Crippen molar-refractivity contribution in [3.05, 3.63) is 0 Å². The molecular formula is C2H13ClO10Os. The number of hydrogen-bond acceptors (Lipinski definition) is 5. The molecule has 14 heavy (non-hydrogen) atoms. The predicted octanol–water partition coefficient (Wildman–Crippen LogP) is -7.33. The van der Waals surface area contributed by atoms with Crippen molar-refractivity contribution in [2.45, 2.75) is 6.92 Å². The van der Waals surface area contributed by atoms with Gasteiger partial charge in [0.15, 0.2) is 0 Å².